The molecule has 0 spiro atoms. The second-order valence-corrected chi connectivity index (χ2v) is 5.59. The van der Waals surface area contributed by atoms with Crippen LogP contribution < -0.4 is 0 Å². The lowest BCUT2D eigenvalue weighted by Crippen LogP contribution is -2.06. The van der Waals surface area contributed by atoms with Gasteiger partial charge in [0, 0.05) is 4.83 Å². The van der Waals surface area contributed by atoms with Crippen LogP contribution in [0.5, 0.6) is 0 Å². The van der Waals surface area contributed by atoms with E-state index in [4.69, 9.17) is 0 Å². The Hall–Kier alpha value is -0.300. The van der Waals surface area contributed by atoms with Gasteiger partial charge in [0.05, 0.1) is 0 Å². The van der Waals surface area contributed by atoms with Gasteiger partial charge in [-0.1, -0.05) is 46.1 Å². The van der Waals surface area contributed by atoms with E-state index in [1.807, 2.05) is 0 Å². The minimum atomic E-state index is 0.698. The summed E-state index contributed by atoms with van der Waals surface area (Å²) in [5.74, 6) is 0.746. The van der Waals surface area contributed by atoms with Crippen LogP contribution in [0, 0.1) is 13.8 Å². The lowest BCUT2D eigenvalue weighted by molar-refractivity contribution is 0.736. The summed E-state index contributed by atoms with van der Waals surface area (Å²) >= 11 is 3.79. The van der Waals surface area contributed by atoms with Crippen LogP contribution in [0.2, 0.25) is 0 Å². The van der Waals surface area contributed by atoms with Crippen molar-refractivity contribution in [2.75, 3.05) is 0 Å². The van der Waals surface area contributed by atoms with E-state index >= 15 is 0 Å². The molecule has 76 valence electrons. The van der Waals surface area contributed by atoms with Crippen molar-refractivity contribution in [3.8, 4) is 0 Å². The summed E-state index contributed by atoms with van der Waals surface area (Å²) in [5.41, 5.74) is 4.38. The summed E-state index contributed by atoms with van der Waals surface area (Å²) in [5, 5.41) is 0. The molecule has 1 aliphatic rings. The Balaban J connectivity index is 2.31. The zero-order valence-electron chi connectivity index (χ0n) is 8.89. The molecule has 0 nitrogen and oxygen atoms in total. The largest absolute Gasteiger partial charge is 0.0884 e. The SMILES string of the molecule is Cc1ccc(C2CCCC2Br)c(C)c1. The molecule has 1 saturated carbocycles. The normalized spacial score (nSPS) is 26.8. The Morgan fingerprint density at radius 3 is 2.57 bits per heavy atom. The van der Waals surface area contributed by atoms with Crippen molar-refractivity contribution >= 4 is 15.9 Å². The van der Waals surface area contributed by atoms with E-state index in [1.165, 1.54) is 30.4 Å². The van der Waals surface area contributed by atoms with Gasteiger partial charge in [-0.25, -0.2) is 0 Å². The van der Waals surface area contributed by atoms with Gasteiger partial charge in [0.25, 0.3) is 0 Å². The quantitative estimate of drug-likeness (QED) is 0.653. The molecule has 0 N–H and O–H groups in total. The predicted molar refractivity (Wildman–Crippen MR) is 65.2 cm³/mol. The maximum atomic E-state index is 3.79. The molecule has 0 heterocycles. The average Bonchev–Trinajstić information content (AvgIpc) is 2.52. The number of benzene rings is 1. The highest BCUT2D eigenvalue weighted by Crippen LogP contribution is 2.40. The zero-order valence-corrected chi connectivity index (χ0v) is 10.5. The molecule has 2 atom stereocenters. The number of rotatable bonds is 1. The monoisotopic (exact) mass is 252 g/mol. The Morgan fingerprint density at radius 1 is 1.21 bits per heavy atom. The van der Waals surface area contributed by atoms with E-state index in [0.29, 0.717) is 4.83 Å². The maximum Gasteiger partial charge on any atom is 0.0214 e. The summed E-state index contributed by atoms with van der Waals surface area (Å²) in [7, 11) is 0. The Bertz CT molecular complexity index is 330. The standard InChI is InChI=1S/C13H17Br/c1-9-6-7-11(10(2)8-9)12-4-3-5-13(12)14/h6-8,12-13H,3-5H2,1-2H3. The Kier molecular flexibility index (Phi) is 2.96. The average molecular weight is 253 g/mol. The first-order valence-corrected chi connectivity index (χ1v) is 6.31. The molecule has 0 saturated heterocycles. The molecule has 2 unspecified atom stereocenters. The molecule has 0 aromatic heterocycles. The van der Waals surface area contributed by atoms with E-state index in [1.54, 1.807) is 5.56 Å². The molecular weight excluding hydrogens is 236 g/mol. The summed E-state index contributed by atoms with van der Waals surface area (Å²) in [6.45, 7) is 4.40. The third kappa shape index (κ3) is 1.88. The molecule has 0 aliphatic heterocycles. The van der Waals surface area contributed by atoms with Crippen molar-refractivity contribution in [1.29, 1.82) is 0 Å². The molecule has 0 radical (unpaired) electrons. The van der Waals surface area contributed by atoms with Crippen LogP contribution in [-0.4, -0.2) is 4.83 Å². The first-order valence-electron chi connectivity index (χ1n) is 5.39. The fourth-order valence-corrected chi connectivity index (χ4v) is 3.38. The molecule has 1 heteroatoms. The molecule has 0 amide bonds. The molecule has 1 aliphatic carbocycles. The maximum absolute atomic E-state index is 3.79. The van der Waals surface area contributed by atoms with Gasteiger partial charge in [-0.2, -0.15) is 0 Å². The van der Waals surface area contributed by atoms with Gasteiger partial charge in [-0.05, 0) is 43.7 Å². The third-order valence-corrected chi connectivity index (χ3v) is 4.35. The molecule has 1 aromatic carbocycles. The van der Waals surface area contributed by atoms with Gasteiger partial charge in [-0.15, -0.1) is 0 Å². The summed E-state index contributed by atoms with van der Waals surface area (Å²) in [6, 6.07) is 6.85. The van der Waals surface area contributed by atoms with Gasteiger partial charge in [0.15, 0.2) is 0 Å². The van der Waals surface area contributed by atoms with Crippen LogP contribution in [-0.2, 0) is 0 Å². The zero-order chi connectivity index (χ0) is 10.1. The van der Waals surface area contributed by atoms with E-state index in [-0.39, 0.29) is 0 Å². The molecular formula is C13H17Br. The summed E-state index contributed by atoms with van der Waals surface area (Å²) in [6.07, 6.45) is 4.05. The van der Waals surface area contributed by atoms with Crippen molar-refractivity contribution in [2.24, 2.45) is 0 Å². The highest BCUT2D eigenvalue weighted by molar-refractivity contribution is 9.09. The van der Waals surface area contributed by atoms with E-state index in [0.717, 1.165) is 5.92 Å². The number of aryl methyl sites for hydroxylation is 2. The smallest absolute Gasteiger partial charge is 0.0214 e. The van der Waals surface area contributed by atoms with Gasteiger partial charge in [-0.3, -0.25) is 0 Å². The highest BCUT2D eigenvalue weighted by atomic mass is 79.9. The third-order valence-electron chi connectivity index (χ3n) is 3.26. The summed E-state index contributed by atoms with van der Waals surface area (Å²) < 4.78 is 0. The van der Waals surface area contributed by atoms with Crippen LogP contribution in [0.3, 0.4) is 0 Å². The van der Waals surface area contributed by atoms with Crippen LogP contribution in [0.15, 0.2) is 18.2 Å². The van der Waals surface area contributed by atoms with Gasteiger partial charge in [0.1, 0.15) is 0 Å². The lowest BCUT2D eigenvalue weighted by atomic mass is 9.92. The van der Waals surface area contributed by atoms with E-state index < -0.39 is 0 Å². The first kappa shape index (κ1) is 10.2. The molecule has 1 aromatic rings. The minimum Gasteiger partial charge on any atom is -0.0884 e. The second-order valence-electron chi connectivity index (χ2n) is 4.41. The van der Waals surface area contributed by atoms with Crippen molar-refractivity contribution in [3.05, 3.63) is 34.9 Å². The number of hydrogen-bond donors (Lipinski definition) is 0. The van der Waals surface area contributed by atoms with Crippen LogP contribution >= 0.6 is 15.9 Å². The van der Waals surface area contributed by atoms with Gasteiger partial charge in [0.2, 0.25) is 0 Å². The Labute approximate surface area is 94.8 Å². The molecule has 1 fully saturated rings. The number of hydrogen-bond acceptors (Lipinski definition) is 0. The summed E-state index contributed by atoms with van der Waals surface area (Å²) in [4.78, 5) is 0.698. The van der Waals surface area contributed by atoms with Crippen molar-refractivity contribution in [2.45, 2.75) is 43.9 Å². The van der Waals surface area contributed by atoms with Crippen molar-refractivity contribution < 1.29 is 0 Å². The minimum absolute atomic E-state index is 0.698. The van der Waals surface area contributed by atoms with Crippen LogP contribution in [0.1, 0.15) is 41.9 Å². The number of alkyl halides is 1. The van der Waals surface area contributed by atoms with Gasteiger partial charge >= 0.3 is 0 Å². The van der Waals surface area contributed by atoms with Gasteiger partial charge < -0.3 is 0 Å². The first-order chi connectivity index (χ1) is 6.68. The lowest BCUT2D eigenvalue weighted by Gasteiger charge is -2.17. The fraction of sp³-hybridized carbons (Fsp3) is 0.538. The topological polar surface area (TPSA) is 0 Å². The molecule has 14 heavy (non-hydrogen) atoms. The Morgan fingerprint density at radius 2 is 2.00 bits per heavy atom. The predicted octanol–water partition coefficient (Wildman–Crippen LogP) is 4.33. The second kappa shape index (κ2) is 4.06. The number of halogens is 1. The van der Waals surface area contributed by atoms with E-state index in [2.05, 4.69) is 48.0 Å². The van der Waals surface area contributed by atoms with Crippen molar-refractivity contribution in [3.63, 3.8) is 0 Å². The van der Waals surface area contributed by atoms with E-state index in [9.17, 15) is 0 Å². The highest BCUT2D eigenvalue weighted by Gasteiger charge is 2.27. The fourth-order valence-electron chi connectivity index (χ4n) is 2.51. The van der Waals surface area contributed by atoms with Crippen LogP contribution in [0.4, 0.5) is 0 Å². The molecule has 2 rings (SSSR count). The van der Waals surface area contributed by atoms with Crippen molar-refractivity contribution in [1.82, 2.24) is 0 Å². The van der Waals surface area contributed by atoms with Crippen LogP contribution in [0.25, 0.3) is 0 Å². The molecule has 0 bridgehead atoms.